The summed E-state index contributed by atoms with van der Waals surface area (Å²) in [5, 5.41) is 0.703. The molecule has 0 unspecified atom stereocenters. The molecule has 0 spiro atoms. The Bertz CT molecular complexity index is 968. The highest BCUT2D eigenvalue weighted by molar-refractivity contribution is 6.30. The summed E-state index contributed by atoms with van der Waals surface area (Å²) in [6, 6.07) is 15.7. The van der Waals surface area contributed by atoms with Crippen LogP contribution in [0.3, 0.4) is 0 Å². The molecule has 2 heterocycles. The van der Waals surface area contributed by atoms with Crippen LogP contribution in [-0.2, 0) is 18.4 Å². The van der Waals surface area contributed by atoms with Gasteiger partial charge in [-0.3, -0.25) is 9.88 Å². The van der Waals surface area contributed by atoms with Crippen LogP contribution in [0.1, 0.15) is 36.0 Å². The van der Waals surface area contributed by atoms with E-state index in [0.717, 1.165) is 50.9 Å². The molecule has 0 aliphatic carbocycles. The lowest BCUT2D eigenvalue weighted by Gasteiger charge is -2.43. The number of nitrogens with zero attached hydrogens (tertiary/aromatic N) is 2. The van der Waals surface area contributed by atoms with Gasteiger partial charge in [-0.15, -0.1) is 0 Å². The lowest BCUT2D eigenvalue weighted by Crippen LogP contribution is -2.43. The van der Waals surface area contributed by atoms with Crippen LogP contribution in [0.4, 0.5) is 8.78 Å². The average molecular weight is 427 g/mol. The topological polar surface area (TPSA) is 16.1 Å². The van der Waals surface area contributed by atoms with Gasteiger partial charge in [0.05, 0.1) is 0 Å². The second kappa shape index (κ2) is 9.23. The molecule has 0 bridgehead atoms. The van der Waals surface area contributed by atoms with Gasteiger partial charge in [-0.25, -0.2) is 8.78 Å². The summed E-state index contributed by atoms with van der Waals surface area (Å²) >= 11 is 6.00. The number of hydrogen-bond acceptors (Lipinski definition) is 2. The molecule has 3 aromatic rings. The Hall–Kier alpha value is -2.30. The van der Waals surface area contributed by atoms with Crippen LogP contribution in [0.5, 0.6) is 0 Å². The van der Waals surface area contributed by atoms with Crippen molar-refractivity contribution >= 4 is 11.6 Å². The molecule has 30 heavy (non-hydrogen) atoms. The van der Waals surface area contributed by atoms with Crippen LogP contribution in [0, 0.1) is 11.6 Å². The van der Waals surface area contributed by atoms with Crippen molar-refractivity contribution in [1.82, 2.24) is 9.88 Å². The standard InChI is InChI=1S/C25H25ClF2N2/c26-21-3-1-19(2-4-21)7-10-25(23-17-22(27)5-6-24(23)28)11-15-30(16-12-25)18-20-8-13-29-14-9-20/h1-6,8-9,13-14,17H,7,10-12,15-16,18H2. The molecule has 0 amide bonds. The van der Waals surface area contributed by atoms with Gasteiger partial charge >= 0.3 is 0 Å². The van der Waals surface area contributed by atoms with Gasteiger partial charge in [-0.05, 0) is 97.9 Å². The van der Waals surface area contributed by atoms with E-state index >= 15 is 0 Å². The van der Waals surface area contributed by atoms with Crippen molar-refractivity contribution in [3.05, 3.63) is 100 Å². The molecular weight excluding hydrogens is 402 g/mol. The van der Waals surface area contributed by atoms with Crippen molar-refractivity contribution in [2.45, 2.75) is 37.6 Å². The van der Waals surface area contributed by atoms with E-state index in [4.69, 9.17) is 11.6 Å². The quantitative estimate of drug-likeness (QED) is 0.468. The first kappa shape index (κ1) is 21.0. The molecule has 1 fully saturated rings. The molecule has 0 radical (unpaired) electrons. The molecule has 0 N–H and O–H groups in total. The molecule has 1 aliphatic rings. The second-order valence-corrected chi connectivity index (χ2v) is 8.60. The summed E-state index contributed by atoms with van der Waals surface area (Å²) in [6.07, 6.45) is 6.78. The number of rotatable bonds is 6. The van der Waals surface area contributed by atoms with Crippen molar-refractivity contribution < 1.29 is 8.78 Å². The molecule has 1 aliphatic heterocycles. The zero-order valence-electron chi connectivity index (χ0n) is 16.8. The SMILES string of the molecule is Fc1ccc(F)c(C2(CCc3ccc(Cl)cc3)CCN(Cc3ccncc3)CC2)c1. The molecule has 1 aromatic heterocycles. The first-order valence-electron chi connectivity index (χ1n) is 10.4. The molecule has 156 valence electrons. The number of aromatic nitrogens is 1. The van der Waals surface area contributed by atoms with Crippen LogP contribution >= 0.6 is 11.6 Å². The molecule has 4 rings (SSSR count). The van der Waals surface area contributed by atoms with Crippen LogP contribution in [0.25, 0.3) is 0 Å². The van der Waals surface area contributed by atoms with Gasteiger partial charge in [0.15, 0.2) is 0 Å². The summed E-state index contributed by atoms with van der Waals surface area (Å²) < 4.78 is 28.9. The van der Waals surface area contributed by atoms with Gasteiger partial charge in [0, 0.05) is 29.4 Å². The number of likely N-dealkylation sites (tertiary alicyclic amines) is 1. The van der Waals surface area contributed by atoms with Crippen LogP contribution in [-0.4, -0.2) is 23.0 Å². The lowest BCUT2D eigenvalue weighted by atomic mass is 9.69. The van der Waals surface area contributed by atoms with Gasteiger partial charge in [-0.2, -0.15) is 0 Å². The first-order valence-corrected chi connectivity index (χ1v) is 10.7. The average Bonchev–Trinajstić information content (AvgIpc) is 2.77. The summed E-state index contributed by atoms with van der Waals surface area (Å²) in [5.74, 6) is -0.688. The molecule has 1 saturated heterocycles. The minimum absolute atomic E-state index is 0.310. The van der Waals surface area contributed by atoms with Crippen LogP contribution in [0.2, 0.25) is 5.02 Å². The summed E-state index contributed by atoms with van der Waals surface area (Å²) in [4.78, 5) is 6.46. The Morgan fingerprint density at radius 2 is 1.60 bits per heavy atom. The minimum atomic E-state index is -0.378. The predicted octanol–water partition coefficient (Wildman–Crippen LogP) is 6.18. The van der Waals surface area contributed by atoms with E-state index in [0.29, 0.717) is 10.6 Å². The number of piperidine rings is 1. The minimum Gasteiger partial charge on any atom is -0.299 e. The third kappa shape index (κ3) is 4.88. The zero-order chi connectivity index (χ0) is 21.0. The van der Waals surface area contributed by atoms with Crippen molar-refractivity contribution in [2.75, 3.05) is 13.1 Å². The lowest BCUT2D eigenvalue weighted by molar-refractivity contribution is 0.143. The van der Waals surface area contributed by atoms with E-state index in [1.165, 1.54) is 23.8 Å². The number of benzene rings is 2. The Kier molecular flexibility index (Phi) is 6.45. The second-order valence-electron chi connectivity index (χ2n) is 8.16. The first-order chi connectivity index (χ1) is 14.5. The van der Waals surface area contributed by atoms with Gasteiger partial charge in [-0.1, -0.05) is 23.7 Å². The highest BCUT2D eigenvalue weighted by Crippen LogP contribution is 2.41. The summed E-state index contributed by atoms with van der Waals surface area (Å²) in [6.45, 7) is 2.54. The van der Waals surface area contributed by atoms with E-state index < -0.39 is 0 Å². The van der Waals surface area contributed by atoms with Crippen LogP contribution < -0.4 is 0 Å². The maximum Gasteiger partial charge on any atom is 0.127 e. The van der Waals surface area contributed by atoms with Gasteiger partial charge in [0.2, 0.25) is 0 Å². The van der Waals surface area contributed by atoms with Crippen molar-refractivity contribution in [2.24, 2.45) is 0 Å². The highest BCUT2D eigenvalue weighted by atomic mass is 35.5. The molecule has 2 nitrogen and oxygen atoms in total. The summed E-state index contributed by atoms with van der Waals surface area (Å²) in [7, 11) is 0. The van der Waals surface area contributed by atoms with Crippen molar-refractivity contribution in [3.63, 3.8) is 0 Å². The largest absolute Gasteiger partial charge is 0.299 e. The number of halogens is 3. The third-order valence-corrected chi connectivity index (χ3v) is 6.53. The summed E-state index contributed by atoms with van der Waals surface area (Å²) in [5.41, 5.74) is 2.52. The highest BCUT2D eigenvalue weighted by Gasteiger charge is 2.38. The van der Waals surface area contributed by atoms with E-state index in [1.807, 2.05) is 36.4 Å². The fourth-order valence-corrected chi connectivity index (χ4v) is 4.60. The van der Waals surface area contributed by atoms with E-state index in [2.05, 4.69) is 9.88 Å². The van der Waals surface area contributed by atoms with E-state index in [9.17, 15) is 8.78 Å². The molecule has 5 heteroatoms. The Labute approximate surface area is 181 Å². The van der Waals surface area contributed by atoms with Crippen LogP contribution in [0.15, 0.2) is 67.0 Å². The predicted molar refractivity (Wildman–Crippen MR) is 117 cm³/mol. The van der Waals surface area contributed by atoms with Crippen molar-refractivity contribution in [1.29, 1.82) is 0 Å². The third-order valence-electron chi connectivity index (χ3n) is 6.27. The molecular formula is C25H25ClF2N2. The number of pyridine rings is 1. The maximum atomic E-state index is 14.8. The van der Waals surface area contributed by atoms with Gasteiger partial charge in [0.1, 0.15) is 11.6 Å². The number of hydrogen-bond donors (Lipinski definition) is 0. The zero-order valence-corrected chi connectivity index (χ0v) is 17.6. The molecule has 0 atom stereocenters. The molecule has 0 saturated carbocycles. The molecule has 2 aromatic carbocycles. The Morgan fingerprint density at radius 3 is 2.30 bits per heavy atom. The van der Waals surface area contributed by atoms with E-state index in [-0.39, 0.29) is 17.0 Å². The Morgan fingerprint density at radius 1 is 0.900 bits per heavy atom. The fraction of sp³-hybridized carbons (Fsp3) is 0.320. The number of aryl methyl sites for hydroxylation is 1. The fourth-order valence-electron chi connectivity index (χ4n) is 4.48. The maximum absolute atomic E-state index is 14.8. The van der Waals surface area contributed by atoms with E-state index in [1.54, 1.807) is 12.4 Å². The van der Waals surface area contributed by atoms with Crippen molar-refractivity contribution in [3.8, 4) is 0 Å². The Balaban J connectivity index is 1.54. The van der Waals surface area contributed by atoms with Gasteiger partial charge < -0.3 is 0 Å². The monoisotopic (exact) mass is 426 g/mol. The smallest absolute Gasteiger partial charge is 0.127 e. The normalized spacial score (nSPS) is 16.5. The van der Waals surface area contributed by atoms with Gasteiger partial charge in [0.25, 0.3) is 0 Å².